The number of rotatable bonds is 4. The Morgan fingerprint density at radius 3 is 3.30 bits per heavy atom. The summed E-state index contributed by atoms with van der Waals surface area (Å²) in [5, 5.41) is 5.88. The molecule has 10 heavy (non-hydrogen) atoms. The van der Waals surface area contributed by atoms with E-state index >= 15 is 0 Å². The first-order chi connectivity index (χ1) is 4.93. The Bertz CT molecular complexity index is 185. The number of nitrogens with zero attached hydrogens (tertiary/aromatic N) is 2. The summed E-state index contributed by atoms with van der Waals surface area (Å²) in [6, 6.07) is 0. The fourth-order valence-corrected chi connectivity index (χ4v) is 0.544. The van der Waals surface area contributed by atoms with Crippen LogP contribution in [0.2, 0.25) is 0 Å². The van der Waals surface area contributed by atoms with Crippen LogP contribution in [0.1, 0.15) is 5.89 Å². The highest BCUT2D eigenvalue weighted by atomic mass is 16.5. The molecule has 0 aromatic carbocycles. The van der Waals surface area contributed by atoms with Gasteiger partial charge in [0.1, 0.15) is 0 Å². The Labute approximate surface area is 57.4 Å². The van der Waals surface area contributed by atoms with E-state index in [-0.39, 0.29) is 0 Å². The van der Waals surface area contributed by atoms with E-state index in [0.717, 1.165) is 0 Å². The van der Waals surface area contributed by atoms with Gasteiger partial charge in [0.05, 0.1) is 0 Å². The first kappa shape index (κ1) is 6.73. The minimum absolute atomic E-state index is 0.533. The second-order valence-corrected chi connectivity index (χ2v) is 1.66. The summed E-state index contributed by atoms with van der Waals surface area (Å²) < 4.78 is 4.66. The molecular weight excluding hydrogens is 134 g/mol. The van der Waals surface area contributed by atoms with Gasteiger partial charge in [0.15, 0.2) is 6.33 Å². The predicted molar refractivity (Wildman–Crippen MR) is 32.1 cm³/mol. The average Bonchev–Trinajstić information content (AvgIpc) is 2.41. The molecule has 0 aliphatic heterocycles. The van der Waals surface area contributed by atoms with E-state index in [9.17, 15) is 4.79 Å². The molecule has 0 bridgehead atoms. The van der Waals surface area contributed by atoms with Crippen molar-refractivity contribution in [3.63, 3.8) is 0 Å². The Balaban J connectivity index is 2.21. The second-order valence-electron chi connectivity index (χ2n) is 1.66. The van der Waals surface area contributed by atoms with Gasteiger partial charge in [0.2, 0.25) is 12.3 Å². The minimum atomic E-state index is 0.533. The molecule has 1 rings (SSSR count). The molecule has 1 heterocycles. The molecule has 0 radical (unpaired) electrons. The van der Waals surface area contributed by atoms with Crippen LogP contribution in [-0.2, 0) is 11.2 Å². The van der Waals surface area contributed by atoms with Crippen molar-refractivity contribution in [2.24, 2.45) is 0 Å². The molecule has 54 valence electrons. The largest absolute Gasteiger partial charge is 0.358 e. The highest BCUT2D eigenvalue weighted by Crippen LogP contribution is 1.89. The first-order valence-electron chi connectivity index (χ1n) is 2.86. The molecule has 0 aliphatic carbocycles. The van der Waals surface area contributed by atoms with Gasteiger partial charge in [-0.15, -0.1) is 0 Å². The molecule has 0 saturated carbocycles. The molecule has 5 nitrogen and oxygen atoms in total. The second kappa shape index (κ2) is 3.60. The zero-order valence-electron chi connectivity index (χ0n) is 5.28. The van der Waals surface area contributed by atoms with E-state index in [1.54, 1.807) is 0 Å². The topological polar surface area (TPSA) is 68.0 Å². The van der Waals surface area contributed by atoms with Crippen molar-refractivity contribution >= 4 is 6.41 Å². The Morgan fingerprint density at radius 1 is 1.80 bits per heavy atom. The third-order valence-electron chi connectivity index (χ3n) is 0.973. The summed E-state index contributed by atoms with van der Waals surface area (Å²) >= 11 is 0. The summed E-state index contributed by atoms with van der Waals surface area (Å²) in [6.07, 6.45) is 2.55. The molecule has 0 fully saturated rings. The van der Waals surface area contributed by atoms with Crippen LogP contribution < -0.4 is 5.32 Å². The molecule has 0 spiro atoms. The number of hydrogen-bond acceptors (Lipinski definition) is 4. The zero-order valence-corrected chi connectivity index (χ0v) is 5.28. The number of amides is 1. The van der Waals surface area contributed by atoms with E-state index in [2.05, 4.69) is 20.0 Å². The van der Waals surface area contributed by atoms with E-state index in [0.29, 0.717) is 25.3 Å². The fourth-order valence-electron chi connectivity index (χ4n) is 0.544. The molecule has 1 N–H and O–H groups in total. The van der Waals surface area contributed by atoms with Gasteiger partial charge in [-0.2, -0.15) is 4.98 Å². The van der Waals surface area contributed by atoms with Crippen molar-refractivity contribution < 1.29 is 9.32 Å². The van der Waals surface area contributed by atoms with Gasteiger partial charge in [-0.1, -0.05) is 5.16 Å². The maximum Gasteiger partial charge on any atom is 0.228 e. The number of carbonyl (C=O) groups excluding carboxylic acids is 1. The van der Waals surface area contributed by atoms with E-state index in [4.69, 9.17) is 0 Å². The summed E-state index contributed by atoms with van der Waals surface area (Å²) in [4.78, 5) is 13.5. The lowest BCUT2D eigenvalue weighted by Gasteiger charge is -1.90. The van der Waals surface area contributed by atoms with Gasteiger partial charge in [-0.05, 0) is 0 Å². The standard InChI is InChI=1S/C5H7N3O2/c9-4-6-2-1-5-7-3-8-10-5/h3-4H,1-2H2,(H,6,9). The summed E-state index contributed by atoms with van der Waals surface area (Å²) in [5.41, 5.74) is 0. The maximum atomic E-state index is 9.76. The zero-order chi connectivity index (χ0) is 7.23. The van der Waals surface area contributed by atoms with Crippen LogP contribution in [0.4, 0.5) is 0 Å². The van der Waals surface area contributed by atoms with Crippen LogP contribution in [0.3, 0.4) is 0 Å². The summed E-state index contributed by atoms with van der Waals surface area (Å²) in [6.45, 7) is 0.533. The van der Waals surface area contributed by atoms with Crippen molar-refractivity contribution in [2.75, 3.05) is 6.54 Å². The number of aromatic nitrogens is 2. The van der Waals surface area contributed by atoms with E-state index in [1.807, 2.05) is 0 Å². The molecule has 0 unspecified atom stereocenters. The third kappa shape index (κ3) is 1.85. The van der Waals surface area contributed by atoms with Gasteiger partial charge in [-0.25, -0.2) is 0 Å². The van der Waals surface area contributed by atoms with Crippen LogP contribution in [-0.4, -0.2) is 23.1 Å². The Morgan fingerprint density at radius 2 is 2.70 bits per heavy atom. The summed E-state index contributed by atoms with van der Waals surface area (Å²) in [5.74, 6) is 0.536. The lowest BCUT2D eigenvalue weighted by atomic mass is 10.4. The van der Waals surface area contributed by atoms with Gasteiger partial charge in [0, 0.05) is 13.0 Å². The lowest BCUT2D eigenvalue weighted by molar-refractivity contribution is -0.109. The molecule has 0 aliphatic rings. The molecule has 1 amide bonds. The Hall–Kier alpha value is -1.39. The number of carbonyl (C=O) groups is 1. The smallest absolute Gasteiger partial charge is 0.228 e. The Kier molecular flexibility index (Phi) is 2.42. The van der Waals surface area contributed by atoms with Crippen molar-refractivity contribution in [3.05, 3.63) is 12.2 Å². The quantitative estimate of drug-likeness (QED) is 0.447. The number of nitrogens with one attached hydrogen (secondary N) is 1. The minimum Gasteiger partial charge on any atom is -0.358 e. The van der Waals surface area contributed by atoms with Crippen molar-refractivity contribution in [2.45, 2.75) is 6.42 Å². The van der Waals surface area contributed by atoms with Crippen LogP contribution in [0.5, 0.6) is 0 Å². The fraction of sp³-hybridized carbons (Fsp3) is 0.400. The van der Waals surface area contributed by atoms with Crippen molar-refractivity contribution in [3.8, 4) is 0 Å². The molecule has 5 heteroatoms. The van der Waals surface area contributed by atoms with Crippen molar-refractivity contribution in [1.29, 1.82) is 0 Å². The third-order valence-corrected chi connectivity index (χ3v) is 0.973. The monoisotopic (exact) mass is 141 g/mol. The van der Waals surface area contributed by atoms with Crippen LogP contribution in [0, 0.1) is 0 Å². The molecule has 1 aromatic heterocycles. The van der Waals surface area contributed by atoms with Gasteiger partial charge >= 0.3 is 0 Å². The van der Waals surface area contributed by atoms with Gasteiger partial charge in [-0.3, -0.25) is 4.79 Å². The predicted octanol–water partition coefficient (Wildman–Crippen LogP) is -0.642. The highest BCUT2D eigenvalue weighted by Gasteiger charge is 1.95. The first-order valence-corrected chi connectivity index (χ1v) is 2.86. The number of hydrogen-bond donors (Lipinski definition) is 1. The lowest BCUT2D eigenvalue weighted by Crippen LogP contribution is -2.14. The van der Waals surface area contributed by atoms with E-state index < -0.39 is 0 Å². The maximum absolute atomic E-state index is 9.76. The molecule has 1 aromatic rings. The van der Waals surface area contributed by atoms with Crippen LogP contribution in [0.25, 0.3) is 0 Å². The van der Waals surface area contributed by atoms with Gasteiger partial charge in [0.25, 0.3) is 0 Å². The molecule has 0 saturated heterocycles. The normalized spacial score (nSPS) is 9.20. The van der Waals surface area contributed by atoms with E-state index in [1.165, 1.54) is 6.33 Å². The van der Waals surface area contributed by atoms with Crippen LogP contribution in [0.15, 0.2) is 10.9 Å². The molecule has 0 atom stereocenters. The van der Waals surface area contributed by atoms with Gasteiger partial charge < -0.3 is 9.84 Å². The van der Waals surface area contributed by atoms with Crippen LogP contribution >= 0.6 is 0 Å². The summed E-state index contributed by atoms with van der Waals surface area (Å²) in [7, 11) is 0. The SMILES string of the molecule is O=CNCCc1ncno1. The highest BCUT2D eigenvalue weighted by molar-refractivity contribution is 5.45. The van der Waals surface area contributed by atoms with Crippen molar-refractivity contribution in [1.82, 2.24) is 15.5 Å². The molecular formula is C5H7N3O2. The average molecular weight is 141 g/mol.